The first-order chi connectivity index (χ1) is 13.6. The Balaban J connectivity index is 1.62. The van der Waals surface area contributed by atoms with Gasteiger partial charge in [-0.15, -0.1) is 0 Å². The van der Waals surface area contributed by atoms with Crippen LogP contribution in [0.3, 0.4) is 0 Å². The second kappa shape index (κ2) is 6.66. The molecule has 1 saturated heterocycles. The fourth-order valence-electron chi connectivity index (χ4n) is 4.08. The molecule has 0 N–H and O–H groups in total. The number of amides is 1. The molecule has 1 aliphatic carbocycles. The van der Waals surface area contributed by atoms with Crippen LogP contribution in [0.5, 0.6) is 0 Å². The summed E-state index contributed by atoms with van der Waals surface area (Å²) in [5.74, 6) is 1.54. The number of carbonyl (C=O) groups excluding carboxylic acids is 1. The Morgan fingerprint density at radius 2 is 1.89 bits per heavy atom. The average molecular weight is 372 g/mol. The van der Waals surface area contributed by atoms with Crippen LogP contribution in [-0.2, 0) is 0 Å². The lowest BCUT2D eigenvalue weighted by Gasteiger charge is -2.22. The standard InChI is InChI=1S/C23H24N4O/c1-14-5-8-18-19(23(28)27-9-3-4-15(27)2)11-20(26-21(18)10-14)17-12-24-22(25-13-17)16-6-7-16/h5,8,10-13,15-16H,3-4,6-7,9H2,1-2H3/t15-/m0/s1. The maximum atomic E-state index is 13.4. The SMILES string of the molecule is Cc1ccc2c(C(=O)N3CCC[C@@H]3C)cc(-c3cnc(C4CC4)nc3)nc2c1. The van der Waals surface area contributed by atoms with Gasteiger partial charge in [0, 0.05) is 41.8 Å². The molecule has 1 atom stereocenters. The van der Waals surface area contributed by atoms with Crippen LogP contribution in [0.15, 0.2) is 36.7 Å². The van der Waals surface area contributed by atoms with E-state index in [0.29, 0.717) is 5.92 Å². The zero-order valence-corrected chi connectivity index (χ0v) is 16.4. The Labute approximate surface area is 164 Å². The van der Waals surface area contributed by atoms with Gasteiger partial charge in [0.15, 0.2) is 0 Å². The zero-order chi connectivity index (χ0) is 19.3. The average Bonchev–Trinajstić information content (AvgIpc) is 3.47. The molecule has 3 aromatic rings. The molecule has 2 fully saturated rings. The van der Waals surface area contributed by atoms with E-state index >= 15 is 0 Å². The molecule has 0 spiro atoms. The van der Waals surface area contributed by atoms with E-state index in [1.165, 1.54) is 12.8 Å². The first kappa shape index (κ1) is 17.3. The second-order valence-electron chi connectivity index (χ2n) is 8.17. The van der Waals surface area contributed by atoms with Crippen molar-refractivity contribution in [2.45, 2.75) is 51.5 Å². The summed E-state index contributed by atoms with van der Waals surface area (Å²) in [5.41, 5.74) is 4.32. The highest BCUT2D eigenvalue weighted by atomic mass is 16.2. The summed E-state index contributed by atoms with van der Waals surface area (Å²) in [6, 6.07) is 8.30. The molecule has 1 aromatic carbocycles. The summed E-state index contributed by atoms with van der Waals surface area (Å²) < 4.78 is 0. The number of likely N-dealkylation sites (tertiary alicyclic amines) is 1. The quantitative estimate of drug-likeness (QED) is 0.679. The van der Waals surface area contributed by atoms with E-state index in [-0.39, 0.29) is 11.9 Å². The van der Waals surface area contributed by atoms with E-state index in [1.54, 1.807) is 0 Å². The van der Waals surface area contributed by atoms with Crippen molar-refractivity contribution in [1.29, 1.82) is 0 Å². The number of benzene rings is 1. The lowest BCUT2D eigenvalue weighted by atomic mass is 10.0. The van der Waals surface area contributed by atoms with Gasteiger partial charge in [-0.25, -0.2) is 15.0 Å². The van der Waals surface area contributed by atoms with Gasteiger partial charge in [-0.1, -0.05) is 12.1 Å². The fourth-order valence-corrected chi connectivity index (χ4v) is 4.08. The number of rotatable bonds is 3. The van der Waals surface area contributed by atoms with Crippen LogP contribution >= 0.6 is 0 Å². The van der Waals surface area contributed by atoms with Crippen molar-refractivity contribution in [3.8, 4) is 11.3 Å². The van der Waals surface area contributed by atoms with Crippen molar-refractivity contribution in [3.63, 3.8) is 0 Å². The Kier molecular flexibility index (Phi) is 4.11. The lowest BCUT2D eigenvalue weighted by Crippen LogP contribution is -2.33. The highest BCUT2D eigenvalue weighted by molar-refractivity contribution is 6.07. The molecule has 0 bridgehead atoms. The summed E-state index contributed by atoms with van der Waals surface area (Å²) >= 11 is 0. The molecule has 5 heteroatoms. The van der Waals surface area contributed by atoms with E-state index in [1.807, 2.05) is 48.5 Å². The van der Waals surface area contributed by atoms with E-state index < -0.39 is 0 Å². The van der Waals surface area contributed by atoms with E-state index in [4.69, 9.17) is 4.98 Å². The van der Waals surface area contributed by atoms with Gasteiger partial charge in [0.05, 0.1) is 16.8 Å². The van der Waals surface area contributed by atoms with E-state index in [9.17, 15) is 4.79 Å². The maximum Gasteiger partial charge on any atom is 0.254 e. The van der Waals surface area contributed by atoms with Crippen molar-refractivity contribution >= 4 is 16.8 Å². The molecular weight excluding hydrogens is 348 g/mol. The van der Waals surface area contributed by atoms with Crippen LogP contribution in [0.2, 0.25) is 0 Å². The molecule has 1 aliphatic heterocycles. The van der Waals surface area contributed by atoms with Crippen molar-refractivity contribution < 1.29 is 4.79 Å². The van der Waals surface area contributed by atoms with Crippen molar-refractivity contribution in [2.24, 2.45) is 0 Å². The van der Waals surface area contributed by atoms with E-state index in [2.05, 4.69) is 16.9 Å². The van der Waals surface area contributed by atoms with Gasteiger partial charge >= 0.3 is 0 Å². The molecule has 3 heterocycles. The summed E-state index contributed by atoms with van der Waals surface area (Å²) in [6.07, 6.45) is 8.18. The number of fused-ring (bicyclic) bond motifs is 1. The summed E-state index contributed by atoms with van der Waals surface area (Å²) in [5, 5.41) is 0.911. The minimum atomic E-state index is 0.0954. The largest absolute Gasteiger partial charge is 0.336 e. The van der Waals surface area contributed by atoms with Gasteiger partial charge in [0.2, 0.25) is 0 Å². The minimum absolute atomic E-state index is 0.0954. The molecule has 1 saturated carbocycles. The summed E-state index contributed by atoms with van der Waals surface area (Å²) in [4.78, 5) is 29.2. The third-order valence-corrected chi connectivity index (χ3v) is 5.92. The Morgan fingerprint density at radius 1 is 1.11 bits per heavy atom. The Morgan fingerprint density at radius 3 is 2.57 bits per heavy atom. The molecule has 142 valence electrons. The number of aromatic nitrogens is 3. The van der Waals surface area contributed by atoms with Crippen LogP contribution < -0.4 is 0 Å². The summed E-state index contributed by atoms with van der Waals surface area (Å²) in [7, 11) is 0. The van der Waals surface area contributed by atoms with Gasteiger partial charge in [-0.3, -0.25) is 4.79 Å². The van der Waals surface area contributed by atoms with Crippen molar-refractivity contribution in [2.75, 3.05) is 6.54 Å². The van der Waals surface area contributed by atoms with Crippen LogP contribution in [0.4, 0.5) is 0 Å². The zero-order valence-electron chi connectivity index (χ0n) is 16.4. The molecule has 2 aromatic heterocycles. The Hall–Kier alpha value is -2.82. The van der Waals surface area contributed by atoms with Gasteiger partial charge in [-0.2, -0.15) is 0 Å². The number of aryl methyl sites for hydroxylation is 1. The molecule has 5 nitrogen and oxygen atoms in total. The van der Waals surface area contributed by atoms with Gasteiger partial charge in [-0.05, 0) is 57.2 Å². The molecule has 0 radical (unpaired) electrons. The number of hydrogen-bond acceptors (Lipinski definition) is 4. The number of pyridine rings is 1. The predicted octanol–water partition coefficient (Wildman–Crippen LogP) is 4.50. The molecule has 0 unspecified atom stereocenters. The Bertz CT molecular complexity index is 1060. The van der Waals surface area contributed by atoms with Gasteiger partial charge in [0.25, 0.3) is 5.91 Å². The number of hydrogen-bond donors (Lipinski definition) is 0. The molecule has 28 heavy (non-hydrogen) atoms. The lowest BCUT2D eigenvalue weighted by molar-refractivity contribution is 0.0749. The number of carbonyl (C=O) groups is 1. The van der Waals surface area contributed by atoms with E-state index in [0.717, 1.165) is 58.5 Å². The van der Waals surface area contributed by atoms with Crippen molar-refractivity contribution in [3.05, 3.63) is 53.6 Å². The molecule has 1 amide bonds. The van der Waals surface area contributed by atoms with Crippen LogP contribution in [0, 0.1) is 6.92 Å². The highest BCUT2D eigenvalue weighted by Gasteiger charge is 2.28. The third-order valence-electron chi connectivity index (χ3n) is 5.92. The third kappa shape index (κ3) is 3.05. The number of nitrogens with zero attached hydrogens (tertiary/aromatic N) is 4. The first-order valence-corrected chi connectivity index (χ1v) is 10.1. The highest BCUT2D eigenvalue weighted by Crippen LogP contribution is 2.38. The fraction of sp³-hybridized carbons (Fsp3) is 0.391. The van der Waals surface area contributed by atoms with Gasteiger partial charge in [0.1, 0.15) is 5.82 Å². The van der Waals surface area contributed by atoms with Crippen molar-refractivity contribution in [1.82, 2.24) is 19.9 Å². The van der Waals surface area contributed by atoms with Crippen LogP contribution in [-0.4, -0.2) is 38.3 Å². The topological polar surface area (TPSA) is 59.0 Å². The first-order valence-electron chi connectivity index (χ1n) is 10.1. The molecular formula is C23H24N4O. The van der Waals surface area contributed by atoms with Crippen LogP contribution in [0.1, 0.15) is 60.3 Å². The van der Waals surface area contributed by atoms with Crippen LogP contribution in [0.25, 0.3) is 22.2 Å². The normalized spacial score (nSPS) is 19.4. The smallest absolute Gasteiger partial charge is 0.254 e. The predicted molar refractivity (Wildman–Crippen MR) is 109 cm³/mol. The molecule has 2 aliphatic rings. The van der Waals surface area contributed by atoms with Gasteiger partial charge < -0.3 is 4.90 Å². The summed E-state index contributed by atoms with van der Waals surface area (Å²) in [6.45, 7) is 5.00. The molecule has 5 rings (SSSR count). The monoisotopic (exact) mass is 372 g/mol. The minimum Gasteiger partial charge on any atom is -0.336 e. The second-order valence-corrected chi connectivity index (χ2v) is 8.17. The maximum absolute atomic E-state index is 13.4.